The van der Waals surface area contributed by atoms with E-state index in [1.165, 1.54) is 5.57 Å². The van der Waals surface area contributed by atoms with E-state index in [-0.39, 0.29) is 0 Å². The molecule has 0 bridgehead atoms. The average Bonchev–Trinajstić information content (AvgIpc) is 2.22. The zero-order valence-corrected chi connectivity index (χ0v) is 8.97. The van der Waals surface area contributed by atoms with Crippen molar-refractivity contribution in [3.8, 4) is 0 Å². The highest BCUT2D eigenvalue weighted by Gasteiger charge is 2.07. The quantitative estimate of drug-likeness (QED) is 0.627. The SMILES string of the molecule is C=CC1=C(/C=C\C)OCCC1.CC. The van der Waals surface area contributed by atoms with Gasteiger partial charge in [0.1, 0.15) is 5.76 Å². The Hall–Kier alpha value is -0.980. The van der Waals surface area contributed by atoms with Crippen molar-refractivity contribution in [3.63, 3.8) is 0 Å². The van der Waals surface area contributed by atoms with Gasteiger partial charge < -0.3 is 4.74 Å². The average molecular weight is 180 g/mol. The van der Waals surface area contributed by atoms with E-state index < -0.39 is 0 Å². The zero-order valence-electron chi connectivity index (χ0n) is 8.97. The fourth-order valence-corrected chi connectivity index (χ4v) is 1.17. The number of allylic oxidation sites excluding steroid dienone is 4. The third kappa shape index (κ3) is 3.97. The number of rotatable bonds is 2. The maximum absolute atomic E-state index is 5.44. The van der Waals surface area contributed by atoms with E-state index >= 15 is 0 Å². The minimum absolute atomic E-state index is 0.844. The fourth-order valence-electron chi connectivity index (χ4n) is 1.17. The molecule has 0 fully saturated rings. The standard InChI is InChI=1S/C10H14O.C2H6/c1-3-6-10-9(4-2)7-5-8-11-10;1-2/h3-4,6H,2,5,7-8H2,1H3;1-2H3/b6-3-;. The van der Waals surface area contributed by atoms with Gasteiger partial charge in [0.25, 0.3) is 0 Å². The highest BCUT2D eigenvalue weighted by atomic mass is 16.5. The minimum atomic E-state index is 0.844. The van der Waals surface area contributed by atoms with Gasteiger partial charge in [-0.25, -0.2) is 0 Å². The van der Waals surface area contributed by atoms with Gasteiger partial charge in [-0.15, -0.1) is 0 Å². The van der Waals surface area contributed by atoms with Gasteiger partial charge in [-0.05, 0) is 31.4 Å². The molecule has 0 unspecified atom stereocenters. The van der Waals surface area contributed by atoms with Crippen LogP contribution in [-0.4, -0.2) is 6.61 Å². The Kier molecular flexibility index (Phi) is 7.08. The van der Waals surface area contributed by atoms with E-state index in [9.17, 15) is 0 Å². The van der Waals surface area contributed by atoms with E-state index in [1.54, 1.807) is 0 Å². The van der Waals surface area contributed by atoms with Gasteiger partial charge in [-0.2, -0.15) is 0 Å². The van der Waals surface area contributed by atoms with Crippen LogP contribution in [-0.2, 0) is 4.74 Å². The first kappa shape index (κ1) is 12.0. The second kappa shape index (κ2) is 7.66. The molecular formula is C12H20O. The van der Waals surface area contributed by atoms with Gasteiger partial charge in [-0.3, -0.25) is 0 Å². The Morgan fingerprint density at radius 1 is 1.38 bits per heavy atom. The highest BCUT2D eigenvalue weighted by molar-refractivity contribution is 5.28. The van der Waals surface area contributed by atoms with Crippen molar-refractivity contribution >= 4 is 0 Å². The highest BCUT2D eigenvalue weighted by Crippen LogP contribution is 2.20. The van der Waals surface area contributed by atoms with Crippen molar-refractivity contribution in [2.24, 2.45) is 0 Å². The largest absolute Gasteiger partial charge is 0.493 e. The van der Waals surface area contributed by atoms with Crippen LogP contribution in [0.4, 0.5) is 0 Å². The molecule has 0 radical (unpaired) electrons. The summed E-state index contributed by atoms with van der Waals surface area (Å²) in [6.07, 6.45) is 8.08. The van der Waals surface area contributed by atoms with Crippen LogP contribution in [0.5, 0.6) is 0 Å². The molecule has 0 spiro atoms. The van der Waals surface area contributed by atoms with Crippen molar-refractivity contribution in [1.29, 1.82) is 0 Å². The molecule has 0 aromatic heterocycles. The molecule has 1 aliphatic rings. The zero-order chi connectivity index (χ0) is 10.1. The van der Waals surface area contributed by atoms with Gasteiger partial charge in [-0.1, -0.05) is 32.6 Å². The van der Waals surface area contributed by atoms with Crippen LogP contribution in [0, 0.1) is 0 Å². The summed E-state index contributed by atoms with van der Waals surface area (Å²) in [6, 6.07) is 0. The first-order chi connectivity index (χ1) is 6.38. The second-order valence-corrected chi connectivity index (χ2v) is 2.55. The third-order valence-corrected chi connectivity index (χ3v) is 1.73. The van der Waals surface area contributed by atoms with Crippen LogP contribution in [0.25, 0.3) is 0 Å². The van der Waals surface area contributed by atoms with Gasteiger partial charge >= 0.3 is 0 Å². The summed E-state index contributed by atoms with van der Waals surface area (Å²) < 4.78 is 5.44. The Bertz CT molecular complexity index is 199. The van der Waals surface area contributed by atoms with Crippen molar-refractivity contribution in [3.05, 3.63) is 36.1 Å². The molecule has 1 nitrogen and oxygen atoms in total. The van der Waals surface area contributed by atoms with Gasteiger partial charge in [0.05, 0.1) is 6.61 Å². The molecule has 1 heterocycles. The molecule has 74 valence electrons. The molecule has 1 aliphatic heterocycles. The summed E-state index contributed by atoms with van der Waals surface area (Å²) in [4.78, 5) is 0. The van der Waals surface area contributed by atoms with Crippen molar-refractivity contribution in [1.82, 2.24) is 0 Å². The van der Waals surface area contributed by atoms with Gasteiger partial charge in [0.15, 0.2) is 0 Å². The molecule has 0 aliphatic carbocycles. The Morgan fingerprint density at radius 2 is 2.08 bits per heavy atom. The summed E-state index contributed by atoms with van der Waals surface area (Å²) in [6.45, 7) is 10.6. The summed E-state index contributed by atoms with van der Waals surface area (Å²) >= 11 is 0. The molecule has 0 atom stereocenters. The normalized spacial score (nSPS) is 16.2. The summed E-state index contributed by atoms with van der Waals surface area (Å²) in [5, 5.41) is 0. The van der Waals surface area contributed by atoms with Crippen molar-refractivity contribution in [2.45, 2.75) is 33.6 Å². The monoisotopic (exact) mass is 180 g/mol. The number of hydrogen-bond donors (Lipinski definition) is 0. The lowest BCUT2D eigenvalue weighted by atomic mass is 10.1. The molecule has 0 aromatic carbocycles. The molecule has 0 N–H and O–H groups in total. The predicted molar refractivity (Wildman–Crippen MR) is 58.6 cm³/mol. The summed E-state index contributed by atoms with van der Waals surface area (Å²) in [5.41, 5.74) is 1.23. The Balaban J connectivity index is 0.000000671. The first-order valence-electron chi connectivity index (χ1n) is 4.99. The third-order valence-electron chi connectivity index (χ3n) is 1.73. The summed E-state index contributed by atoms with van der Waals surface area (Å²) in [5.74, 6) is 0.994. The molecule has 0 saturated carbocycles. The lowest BCUT2D eigenvalue weighted by Gasteiger charge is -2.16. The number of hydrogen-bond acceptors (Lipinski definition) is 1. The lowest BCUT2D eigenvalue weighted by molar-refractivity contribution is 0.201. The molecule has 1 heteroatoms. The van der Waals surface area contributed by atoms with Gasteiger partial charge in [0.2, 0.25) is 0 Å². The van der Waals surface area contributed by atoms with Crippen LogP contribution in [0.2, 0.25) is 0 Å². The summed E-state index contributed by atoms with van der Waals surface area (Å²) in [7, 11) is 0. The predicted octanol–water partition coefficient (Wildman–Crippen LogP) is 3.84. The van der Waals surface area contributed by atoms with Crippen LogP contribution < -0.4 is 0 Å². The van der Waals surface area contributed by atoms with E-state index in [2.05, 4.69) is 6.58 Å². The molecular weight excluding hydrogens is 160 g/mol. The number of ether oxygens (including phenoxy) is 1. The van der Waals surface area contributed by atoms with Crippen LogP contribution in [0.1, 0.15) is 33.6 Å². The van der Waals surface area contributed by atoms with Crippen molar-refractivity contribution in [2.75, 3.05) is 6.61 Å². The first-order valence-corrected chi connectivity index (χ1v) is 4.99. The fraction of sp³-hybridized carbons (Fsp3) is 0.500. The maximum atomic E-state index is 5.44. The Labute approximate surface area is 81.8 Å². The molecule has 0 aromatic rings. The smallest absolute Gasteiger partial charge is 0.122 e. The second-order valence-electron chi connectivity index (χ2n) is 2.55. The van der Waals surface area contributed by atoms with Gasteiger partial charge in [0, 0.05) is 0 Å². The van der Waals surface area contributed by atoms with Crippen LogP contribution in [0.3, 0.4) is 0 Å². The molecule has 13 heavy (non-hydrogen) atoms. The molecule has 0 amide bonds. The molecule has 1 rings (SSSR count). The van der Waals surface area contributed by atoms with Crippen LogP contribution >= 0.6 is 0 Å². The van der Waals surface area contributed by atoms with E-state index in [1.807, 2.05) is 39.0 Å². The van der Waals surface area contributed by atoms with E-state index in [0.717, 1.165) is 25.2 Å². The topological polar surface area (TPSA) is 9.23 Å². The van der Waals surface area contributed by atoms with Crippen LogP contribution in [0.15, 0.2) is 36.1 Å². The minimum Gasteiger partial charge on any atom is -0.493 e. The van der Waals surface area contributed by atoms with E-state index in [4.69, 9.17) is 4.74 Å². The Morgan fingerprint density at radius 3 is 2.62 bits per heavy atom. The lowest BCUT2D eigenvalue weighted by Crippen LogP contribution is -2.03. The van der Waals surface area contributed by atoms with Crippen molar-refractivity contribution < 1.29 is 4.74 Å². The molecule has 0 saturated heterocycles. The maximum Gasteiger partial charge on any atom is 0.122 e. The van der Waals surface area contributed by atoms with E-state index in [0.29, 0.717) is 0 Å².